The van der Waals surface area contributed by atoms with Crippen LogP contribution in [0.2, 0.25) is 0 Å². The number of carbonyl (C=O) groups excluding carboxylic acids is 1. The van der Waals surface area contributed by atoms with E-state index in [1.165, 1.54) is 0 Å². The van der Waals surface area contributed by atoms with E-state index in [2.05, 4.69) is 0 Å². The monoisotopic (exact) mass is 146 g/mol. The minimum absolute atomic E-state index is 0.0479. The number of carbonyl (C=O) groups is 1. The molecule has 2 unspecified atom stereocenters. The van der Waals surface area contributed by atoms with Crippen molar-refractivity contribution >= 4 is 6.29 Å². The molecule has 0 aromatic carbocycles. The Morgan fingerprint density at radius 1 is 1.70 bits per heavy atom. The molecule has 0 radical (unpaired) electrons. The zero-order chi connectivity index (χ0) is 7.40. The molecule has 58 valence electrons. The molecule has 1 fully saturated rings. The van der Waals surface area contributed by atoms with Crippen LogP contribution in [0.1, 0.15) is 6.42 Å². The lowest BCUT2D eigenvalue weighted by Gasteiger charge is -2.25. The maximum Gasteiger partial charge on any atom is 0.215 e. The quantitative estimate of drug-likeness (QED) is 0.524. The van der Waals surface area contributed by atoms with Crippen molar-refractivity contribution in [1.29, 1.82) is 0 Å². The Labute approximate surface area is 58.7 Å². The van der Waals surface area contributed by atoms with Crippen LogP contribution in [-0.4, -0.2) is 37.0 Å². The third-order valence-corrected chi connectivity index (χ3v) is 1.36. The van der Waals surface area contributed by atoms with Crippen LogP contribution in [0.4, 0.5) is 0 Å². The van der Waals surface area contributed by atoms with Crippen LogP contribution in [0.15, 0.2) is 0 Å². The van der Waals surface area contributed by atoms with Gasteiger partial charge in [0.05, 0.1) is 19.3 Å². The highest BCUT2D eigenvalue weighted by molar-refractivity contribution is 5.53. The molecule has 1 N–H and O–H groups in total. The fraction of sp³-hybridized carbons (Fsp3) is 0.833. The van der Waals surface area contributed by atoms with Crippen molar-refractivity contribution in [3.63, 3.8) is 0 Å². The second-order valence-corrected chi connectivity index (χ2v) is 2.10. The van der Waals surface area contributed by atoms with Crippen LogP contribution >= 0.6 is 0 Å². The standard InChI is InChI=1S/C6H10O4/c7-3-5-1-2-9-6(4-8)10-5/h4-7H,1-3H2. The van der Waals surface area contributed by atoms with E-state index in [0.29, 0.717) is 19.3 Å². The number of hydrogen-bond acceptors (Lipinski definition) is 4. The summed E-state index contributed by atoms with van der Waals surface area (Å²) in [5.41, 5.74) is 0. The molecule has 0 aromatic heterocycles. The van der Waals surface area contributed by atoms with E-state index in [1.807, 2.05) is 0 Å². The van der Waals surface area contributed by atoms with Gasteiger partial charge in [0.1, 0.15) is 0 Å². The van der Waals surface area contributed by atoms with Crippen molar-refractivity contribution in [3.05, 3.63) is 0 Å². The molecule has 4 heteroatoms. The second-order valence-electron chi connectivity index (χ2n) is 2.10. The molecule has 2 atom stereocenters. The predicted molar refractivity (Wildman–Crippen MR) is 32.4 cm³/mol. The molecular weight excluding hydrogens is 136 g/mol. The summed E-state index contributed by atoms with van der Waals surface area (Å²) in [5.74, 6) is 0. The molecule has 1 aliphatic rings. The molecular formula is C6H10O4. The summed E-state index contributed by atoms with van der Waals surface area (Å²) in [5, 5.41) is 8.61. The van der Waals surface area contributed by atoms with Crippen LogP contribution in [0.5, 0.6) is 0 Å². The Balaban J connectivity index is 2.31. The Hall–Kier alpha value is -0.450. The van der Waals surface area contributed by atoms with Gasteiger partial charge in [0.15, 0.2) is 6.29 Å². The van der Waals surface area contributed by atoms with Gasteiger partial charge in [0, 0.05) is 0 Å². The van der Waals surface area contributed by atoms with E-state index < -0.39 is 6.29 Å². The molecule has 1 aliphatic heterocycles. The van der Waals surface area contributed by atoms with Gasteiger partial charge >= 0.3 is 0 Å². The summed E-state index contributed by atoms with van der Waals surface area (Å²) in [4.78, 5) is 10.1. The molecule has 4 nitrogen and oxygen atoms in total. The van der Waals surface area contributed by atoms with Crippen LogP contribution in [0.25, 0.3) is 0 Å². The lowest BCUT2D eigenvalue weighted by atomic mass is 10.2. The van der Waals surface area contributed by atoms with E-state index in [1.54, 1.807) is 0 Å². The fourth-order valence-electron chi connectivity index (χ4n) is 0.818. The number of rotatable bonds is 2. The first kappa shape index (κ1) is 7.65. The van der Waals surface area contributed by atoms with Gasteiger partial charge in [0.25, 0.3) is 0 Å². The van der Waals surface area contributed by atoms with Crippen LogP contribution < -0.4 is 0 Å². The smallest absolute Gasteiger partial charge is 0.215 e. The van der Waals surface area contributed by atoms with Crippen molar-refractivity contribution in [3.8, 4) is 0 Å². The van der Waals surface area contributed by atoms with Crippen LogP contribution in [0, 0.1) is 0 Å². The average Bonchev–Trinajstić information content (AvgIpc) is 2.05. The van der Waals surface area contributed by atoms with Crippen molar-refractivity contribution in [2.24, 2.45) is 0 Å². The number of ether oxygens (including phenoxy) is 2. The molecule has 0 amide bonds. The van der Waals surface area contributed by atoms with Crippen molar-refractivity contribution in [1.82, 2.24) is 0 Å². The van der Waals surface area contributed by atoms with E-state index in [9.17, 15) is 4.79 Å². The second kappa shape index (κ2) is 3.65. The van der Waals surface area contributed by atoms with E-state index in [4.69, 9.17) is 14.6 Å². The third kappa shape index (κ3) is 1.76. The summed E-state index contributed by atoms with van der Waals surface area (Å²) in [7, 11) is 0. The highest BCUT2D eigenvalue weighted by Gasteiger charge is 2.20. The maximum absolute atomic E-state index is 10.1. The Bertz CT molecular complexity index is 114. The number of aliphatic hydroxyl groups is 1. The lowest BCUT2D eigenvalue weighted by molar-refractivity contribution is -0.208. The topological polar surface area (TPSA) is 55.8 Å². The molecule has 0 bridgehead atoms. The SMILES string of the molecule is O=CC1OCCC(CO)O1. The van der Waals surface area contributed by atoms with Crippen molar-refractivity contribution in [2.75, 3.05) is 13.2 Å². The molecule has 1 rings (SSSR count). The lowest BCUT2D eigenvalue weighted by Crippen LogP contribution is -2.35. The van der Waals surface area contributed by atoms with Crippen molar-refractivity contribution in [2.45, 2.75) is 18.8 Å². The number of hydrogen-bond donors (Lipinski definition) is 1. The Kier molecular flexibility index (Phi) is 2.80. The molecule has 0 spiro atoms. The van der Waals surface area contributed by atoms with Gasteiger partial charge in [-0.2, -0.15) is 0 Å². The summed E-state index contributed by atoms with van der Waals surface area (Å²) in [6.45, 7) is 0.433. The van der Waals surface area contributed by atoms with E-state index >= 15 is 0 Å². The first-order valence-electron chi connectivity index (χ1n) is 3.20. The Morgan fingerprint density at radius 3 is 3.10 bits per heavy atom. The van der Waals surface area contributed by atoms with Gasteiger partial charge in [0.2, 0.25) is 6.29 Å². The first-order chi connectivity index (χ1) is 4.86. The van der Waals surface area contributed by atoms with Gasteiger partial charge in [-0.1, -0.05) is 0 Å². The van der Waals surface area contributed by atoms with Gasteiger partial charge in [-0.25, -0.2) is 0 Å². The summed E-state index contributed by atoms with van der Waals surface area (Å²) < 4.78 is 9.80. The molecule has 1 saturated heterocycles. The highest BCUT2D eigenvalue weighted by atomic mass is 16.7. The van der Waals surface area contributed by atoms with Gasteiger partial charge in [-0.3, -0.25) is 4.79 Å². The van der Waals surface area contributed by atoms with Gasteiger partial charge < -0.3 is 14.6 Å². The molecule has 0 saturated carbocycles. The van der Waals surface area contributed by atoms with Crippen molar-refractivity contribution < 1.29 is 19.4 Å². The molecule has 0 aliphatic carbocycles. The summed E-state index contributed by atoms with van der Waals surface area (Å²) in [6, 6.07) is 0. The van der Waals surface area contributed by atoms with E-state index in [-0.39, 0.29) is 12.7 Å². The van der Waals surface area contributed by atoms with Crippen LogP contribution in [0.3, 0.4) is 0 Å². The largest absolute Gasteiger partial charge is 0.394 e. The van der Waals surface area contributed by atoms with E-state index in [0.717, 1.165) is 0 Å². The van der Waals surface area contributed by atoms with Crippen LogP contribution in [-0.2, 0) is 14.3 Å². The fourth-order valence-corrected chi connectivity index (χ4v) is 0.818. The minimum atomic E-state index is -0.772. The van der Waals surface area contributed by atoms with Gasteiger partial charge in [-0.05, 0) is 6.42 Å². The highest BCUT2D eigenvalue weighted by Crippen LogP contribution is 2.09. The summed E-state index contributed by atoms with van der Waals surface area (Å²) >= 11 is 0. The zero-order valence-corrected chi connectivity index (χ0v) is 5.53. The molecule has 1 heterocycles. The zero-order valence-electron chi connectivity index (χ0n) is 5.53. The molecule has 10 heavy (non-hydrogen) atoms. The molecule has 0 aromatic rings. The number of aldehydes is 1. The average molecular weight is 146 g/mol. The maximum atomic E-state index is 10.1. The predicted octanol–water partition coefficient (Wildman–Crippen LogP) is -0.691. The summed E-state index contributed by atoms with van der Waals surface area (Å²) in [6.07, 6.45) is 0.234. The Morgan fingerprint density at radius 2 is 2.50 bits per heavy atom. The van der Waals surface area contributed by atoms with Gasteiger partial charge in [-0.15, -0.1) is 0 Å². The number of aliphatic hydroxyl groups excluding tert-OH is 1. The first-order valence-corrected chi connectivity index (χ1v) is 3.20. The minimum Gasteiger partial charge on any atom is -0.394 e. The third-order valence-electron chi connectivity index (χ3n) is 1.36. The normalized spacial score (nSPS) is 33.7.